The molecule has 212 valence electrons. The highest BCUT2D eigenvalue weighted by Gasteiger charge is 2.27. The molecule has 5 rings (SSSR count). The molecule has 0 unspecified atom stereocenters. The standard InChI is InChI=1S/C30H31N5O6/c1-41-30(38)23-10-11-25(33-15-17-34(18-16-33)29(37)21-7-3-2-4-8-21)24(19-23)31-28(36)22-9-12-26(27(20-22)35(39)40)32-13-5-6-14-32/h2-4,7-12,19-20H,5-6,13-18H2,1H3,(H,31,36). The Morgan fingerprint density at radius 2 is 1.41 bits per heavy atom. The number of esters is 1. The second-order valence-corrected chi connectivity index (χ2v) is 9.98. The molecule has 1 N–H and O–H groups in total. The Morgan fingerprint density at radius 1 is 0.780 bits per heavy atom. The van der Waals surface area contributed by atoms with Crippen LogP contribution >= 0.6 is 0 Å². The van der Waals surface area contributed by atoms with Gasteiger partial charge in [0.25, 0.3) is 17.5 Å². The van der Waals surface area contributed by atoms with E-state index in [2.05, 4.69) is 5.32 Å². The Kier molecular flexibility index (Phi) is 8.14. The quantitative estimate of drug-likeness (QED) is 0.260. The third-order valence-electron chi connectivity index (χ3n) is 7.48. The molecule has 2 fully saturated rings. The van der Waals surface area contributed by atoms with E-state index in [-0.39, 0.29) is 22.7 Å². The van der Waals surface area contributed by atoms with Crippen molar-refractivity contribution in [2.75, 3.05) is 61.5 Å². The van der Waals surface area contributed by atoms with Crippen LogP contribution in [0.25, 0.3) is 0 Å². The molecule has 0 radical (unpaired) electrons. The van der Waals surface area contributed by atoms with E-state index in [1.54, 1.807) is 41.3 Å². The number of hydrogen-bond acceptors (Lipinski definition) is 8. The summed E-state index contributed by atoms with van der Waals surface area (Å²) in [5.41, 5.74) is 2.42. The number of carbonyl (C=O) groups is 3. The van der Waals surface area contributed by atoms with Crippen LogP contribution in [-0.2, 0) is 4.74 Å². The van der Waals surface area contributed by atoms with Gasteiger partial charge in [0.15, 0.2) is 0 Å². The average molecular weight is 558 g/mol. The molecule has 11 heteroatoms. The third kappa shape index (κ3) is 5.98. The van der Waals surface area contributed by atoms with Crippen LogP contribution < -0.4 is 15.1 Å². The van der Waals surface area contributed by atoms with Gasteiger partial charge in [0.1, 0.15) is 5.69 Å². The predicted molar refractivity (Wildman–Crippen MR) is 155 cm³/mol. The predicted octanol–water partition coefficient (Wildman–Crippen LogP) is 4.20. The maximum absolute atomic E-state index is 13.4. The van der Waals surface area contributed by atoms with E-state index >= 15 is 0 Å². The van der Waals surface area contributed by atoms with E-state index in [1.165, 1.54) is 19.2 Å². The summed E-state index contributed by atoms with van der Waals surface area (Å²) in [6, 6.07) is 18.5. The zero-order chi connectivity index (χ0) is 28.9. The lowest BCUT2D eigenvalue weighted by Gasteiger charge is -2.37. The van der Waals surface area contributed by atoms with Crippen molar-refractivity contribution in [3.8, 4) is 0 Å². The molecule has 3 aromatic rings. The van der Waals surface area contributed by atoms with Crippen molar-refractivity contribution in [3.63, 3.8) is 0 Å². The van der Waals surface area contributed by atoms with E-state index in [4.69, 9.17) is 4.74 Å². The molecule has 0 spiro atoms. The maximum atomic E-state index is 13.4. The second kappa shape index (κ2) is 12.1. The monoisotopic (exact) mass is 557 g/mol. The summed E-state index contributed by atoms with van der Waals surface area (Å²) >= 11 is 0. The Labute approximate surface area is 237 Å². The first-order valence-corrected chi connectivity index (χ1v) is 13.5. The minimum absolute atomic E-state index is 0.0428. The van der Waals surface area contributed by atoms with Gasteiger partial charge in [-0.1, -0.05) is 18.2 Å². The molecule has 0 saturated carbocycles. The van der Waals surface area contributed by atoms with Gasteiger partial charge in [-0.05, 0) is 55.3 Å². The fourth-order valence-electron chi connectivity index (χ4n) is 5.30. The number of piperazine rings is 1. The molecule has 2 heterocycles. The molecule has 0 aliphatic carbocycles. The number of amides is 2. The van der Waals surface area contributed by atoms with Gasteiger partial charge in [-0.25, -0.2) is 4.79 Å². The molecule has 2 aliphatic heterocycles. The first-order valence-electron chi connectivity index (χ1n) is 13.5. The largest absolute Gasteiger partial charge is 0.465 e. The Bertz CT molecular complexity index is 1460. The van der Waals surface area contributed by atoms with E-state index < -0.39 is 16.8 Å². The second-order valence-electron chi connectivity index (χ2n) is 9.98. The zero-order valence-corrected chi connectivity index (χ0v) is 22.7. The van der Waals surface area contributed by atoms with Crippen molar-refractivity contribution >= 4 is 40.5 Å². The van der Waals surface area contributed by atoms with Crippen LogP contribution in [0.4, 0.5) is 22.7 Å². The lowest BCUT2D eigenvalue weighted by molar-refractivity contribution is -0.384. The van der Waals surface area contributed by atoms with Gasteiger partial charge >= 0.3 is 5.97 Å². The lowest BCUT2D eigenvalue weighted by atomic mass is 10.1. The summed E-state index contributed by atoms with van der Waals surface area (Å²) in [5, 5.41) is 14.7. The summed E-state index contributed by atoms with van der Waals surface area (Å²) in [4.78, 5) is 55.7. The number of nitro groups is 1. The minimum Gasteiger partial charge on any atom is -0.465 e. The van der Waals surface area contributed by atoms with Crippen LogP contribution in [0, 0.1) is 10.1 Å². The van der Waals surface area contributed by atoms with Crippen molar-refractivity contribution < 1.29 is 24.0 Å². The van der Waals surface area contributed by atoms with Gasteiger partial charge in [0, 0.05) is 56.5 Å². The minimum atomic E-state index is -0.559. The Balaban J connectivity index is 1.37. The number of anilines is 3. The first-order chi connectivity index (χ1) is 19.9. The number of carbonyl (C=O) groups excluding carboxylic acids is 3. The van der Waals surface area contributed by atoms with Gasteiger partial charge < -0.3 is 24.8 Å². The van der Waals surface area contributed by atoms with Crippen molar-refractivity contribution in [1.82, 2.24) is 4.90 Å². The van der Waals surface area contributed by atoms with Gasteiger partial charge in [-0.15, -0.1) is 0 Å². The number of nitrogens with zero attached hydrogens (tertiary/aromatic N) is 4. The average Bonchev–Trinajstić information content (AvgIpc) is 3.55. The van der Waals surface area contributed by atoms with Gasteiger partial charge in [0.2, 0.25) is 0 Å². The van der Waals surface area contributed by atoms with Gasteiger partial charge in [-0.2, -0.15) is 0 Å². The molecule has 2 amide bonds. The number of nitro benzene ring substituents is 1. The number of hydrogen-bond donors (Lipinski definition) is 1. The molecule has 3 aromatic carbocycles. The van der Waals surface area contributed by atoms with E-state index in [0.717, 1.165) is 25.9 Å². The molecule has 0 aromatic heterocycles. The summed E-state index contributed by atoms with van der Waals surface area (Å²) < 4.78 is 4.86. The topological polar surface area (TPSA) is 125 Å². The number of methoxy groups -OCH3 is 1. The summed E-state index contributed by atoms with van der Waals surface area (Å²) in [5.74, 6) is -1.14. The van der Waals surface area contributed by atoms with Crippen LogP contribution in [-0.4, -0.2) is 74.0 Å². The molecule has 11 nitrogen and oxygen atoms in total. The van der Waals surface area contributed by atoms with Crippen LogP contribution in [0.15, 0.2) is 66.7 Å². The van der Waals surface area contributed by atoms with Crippen LogP contribution in [0.1, 0.15) is 43.9 Å². The molecular weight excluding hydrogens is 526 g/mol. The molecule has 2 aliphatic rings. The van der Waals surface area contributed by atoms with Crippen molar-refractivity contribution in [2.45, 2.75) is 12.8 Å². The van der Waals surface area contributed by atoms with Crippen molar-refractivity contribution in [1.29, 1.82) is 0 Å². The van der Waals surface area contributed by atoms with E-state index in [0.29, 0.717) is 48.8 Å². The Morgan fingerprint density at radius 3 is 2.07 bits per heavy atom. The molecule has 2 saturated heterocycles. The summed E-state index contributed by atoms with van der Waals surface area (Å²) in [6.07, 6.45) is 1.93. The normalized spacial score (nSPS) is 15.0. The smallest absolute Gasteiger partial charge is 0.337 e. The highest BCUT2D eigenvalue weighted by atomic mass is 16.6. The fourth-order valence-corrected chi connectivity index (χ4v) is 5.30. The fraction of sp³-hybridized carbons (Fsp3) is 0.300. The number of rotatable bonds is 7. The van der Waals surface area contributed by atoms with Gasteiger partial charge in [0.05, 0.1) is 29.0 Å². The number of nitrogens with one attached hydrogen (secondary N) is 1. The maximum Gasteiger partial charge on any atom is 0.337 e. The van der Waals surface area contributed by atoms with Crippen molar-refractivity contribution in [3.05, 3.63) is 93.5 Å². The molecular formula is C30H31N5O6. The van der Waals surface area contributed by atoms with Crippen LogP contribution in [0.3, 0.4) is 0 Å². The van der Waals surface area contributed by atoms with E-state index in [1.807, 2.05) is 28.0 Å². The summed E-state index contributed by atoms with van der Waals surface area (Å²) in [6.45, 7) is 3.44. The highest BCUT2D eigenvalue weighted by molar-refractivity contribution is 6.07. The van der Waals surface area contributed by atoms with Gasteiger partial charge in [-0.3, -0.25) is 19.7 Å². The number of benzene rings is 3. The van der Waals surface area contributed by atoms with Crippen LogP contribution in [0.5, 0.6) is 0 Å². The summed E-state index contributed by atoms with van der Waals surface area (Å²) in [7, 11) is 1.28. The zero-order valence-electron chi connectivity index (χ0n) is 22.7. The lowest BCUT2D eigenvalue weighted by Crippen LogP contribution is -2.49. The van der Waals surface area contributed by atoms with Crippen LogP contribution in [0.2, 0.25) is 0 Å². The van der Waals surface area contributed by atoms with Crippen molar-refractivity contribution in [2.24, 2.45) is 0 Å². The molecule has 41 heavy (non-hydrogen) atoms. The molecule has 0 atom stereocenters. The number of ether oxygens (including phenoxy) is 1. The SMILES string of the molecule is COC(=O)c1ccc(N2CCN(C(=O)c3ccccc3)CC2)c(NC(=O)c2ccc(N3CCCC3)c([N+](=O)[O-])c2)c1. The Hall–Kier alpha value is -4.93. The highest BCUT2D eigenvalue weighted by Crippen LogP contribution is 2.33. The molecule has 0 bridgehead atoms. The van der Waals surface area contributed by atoms with E-state index in [9.17, 15) is 24.5 Å². The first kappa shape index (κ1) is 27.6. The third-order valence-corrected chi connectivity index (χ3v) is 7.48.